The van der Waals surface area contributed by atoms with Gasteiger partial charge in [0.2, 0.25) is 5.22 Å². The summed E-state index contributed by atoms with van der Waals surface area (Å²) in [6, 6.07) is 1.45. The van der Waals surface area contributed by atoms with Gasteiger partial charge in [0.1, 0.15) is 6.54 Å². The lowest BCUT2D eigenvalue weighted by molar-refractivity contribution is -0.143. The van der Waals surface area contributed by atoms with Crippen LogP contribution in [0.2, 0.25) is 5.22 Å². The molecule has 0 radical (unpaired) electrons. The molecule has 106 valence electrons. The molecule has 0 aliphatic heterocycles. The second kappa shape index (κ2) is 7.81. The Morgan fingerprint density at radius 2 is 2.21 bits per heavy atom. The maximum absolute atomic E-state index is 12.2. The summed E-state index contributed by atoms with van der Waals surface area (Å²) in [5.74, 6) is -0.879. The molecule has 1 rings (SSSR count). The van der Waals surface area contributed by atoms with Crippen molar-refractivity contribution in [2.24, 2.45) is 0 Å². The van der Waals surface area contributed by atoms with Crippen molar-refractivity contribution in [3.63, 3.8) is 0 Å². The van der Waals surface area contributed by atoms with Gasteiger partial charge < -0.3 is 18.8 Å². The molecule has 6 nitrogen and oxygen atoms in total. The number of methoxy groups -OCH3 is 1. The zero-order valence-corrected chi connectivity index (χ0v) is 11.6. The van der Waals surface area contributed by atoms with E-state index in [0.29, 0.717) is 6.61 Å². The topological polar surface area (TPSA) is 69.0 Å². The normalized spacial score (nSPS) is 10.3. The number of hydrogen-bond donors (Lipinski definition) is 0. The highest BCUT2D eigenvalue weighted by molar-refractivity contribution is 6.32. The Labute approximate surface area is 116 Å². The number of carbonyl (C=O) groups excluding carboxylic acids is 2. The molecule has 0 saturated heterocycles. The Kier molecular flexibility index (Phi) is 6.38. The van der Waals surface area contributed by atoms with Crippen LogP contribution in [0.5, 0.6) is 0 Å². The lowest BCUT2D eigenvalue weighted by atomic mass is 10.3. The van der Waals surface area contributed by atoms with Gasteiger partial charge in [-0.3, -0.25) is 9.59 Å². The number of carbonyl (C=O) groups is 2. The minimum absolute atomic E-state index is 0.00345. The Hall–Kier alpha value is -1.53. The van der Waals surface area contributed by atoms with E-state index >= 15 is 0 Å². The molecule has 0 aliphatic rings. The molecule has 0 saturated carbocycles. The van der Waals surface area contributed by atoms with Gasteiger partial charge >= 0.3 is 5.97 Å². The lowest BCUT2D eigenvalue weighted by Gasteiger charge is -2.20. The third kappa shape index (κ3) is 4.57. The number of ether oxygens (including phenoxy) is 2. The SMILES string of the molecule is CCOC(=O)CN(CCOC)C(=O)c1ccoc1Cl. The van der Waals surface area contributed by atoms with E-state index in [1.807, 2.05) is 0 Å². The van der Waals surface area contributed by atoms with Gasteiger partial charge in [-0.15, -0.1) is 0 Å². The van der Waals surface area contributed by atoms with E-state index in [1.165, 1.54) is 24.3 Å². The Morgan fingerprint density at radius 3 is 2.74 bits per heavy atom. The molecule has 1 aromatic heterocycles. The van der Waals surface area contributed by atoms with E-state index in [9.17, 15) is 9.59 Å². The van der Waals surface area contributed by atoms with Gasteiger partial charge in [0.15, 0.2) is 0 Å². The maximum Gasteiger partial charge on any atom is 0.325 e. The molecule has 0 bridgehead atoms. The monoisotopic (exact) mass is 289 g/mol. The standard InChI is InChI=1S/C12H16ClNO5/c1-3-18-10(15)8-14(5-7-17-2)12(16)9-4-6-19-11(9)13/h4,6H,3,5,7-8H2,1-2H3. The zero-order chi connectivity index (χ0) is 14.3. The number of nitrogens with zero attached hydrogens (tertiary/aromatic N) is 1. The third-order valence-corrected chi connectivity index (χ3v) is 2.62. The molecule has 1 heterocycles. The van der Waals surface area contributed by atoms with Crippen LogP contribution in [0.1, 0.15) is 17.3 Å². The number of esters is 1. The quantitative estimate of drug-likeness (QED) is 0.713. The summed E-state index contributed by atoms with van der Waals surface area (Å²) in [6.07, 6.45) is 1.31. The minimum atomic E-state index is -0.480. The molecule has 0 unspecified atom stereocenters. The highest BCUT2D eigenvalue weighted by Gasteiger charge is 2.22. The Balaban J connectivity index is 2.75. The molecule has 19 heavy (non-hydrogen) atoms. The summed E-state index contributed by atoms with van der Waals surface area (Å²) in [5, 5.41) is -0.00345. The largest absolute Gasteiger partial charge is 0.465 e. The van der Waals surface area contributed by atoms with Gasteiger partial charge in [-0.25, -0.2) is 0 Å². The summed E-state index contributed by atoms with van der Waals surface area (Å²) < 4.78 is 14.6. The van der Waals surface area contributed by atoms with Crippen LogP contribution in [-0.4, -0.2) is 50.2 Å². The lowest BCUT2D eigenvalue weighted by Crippen LogP contribution is -2.38. The van der Waals surface area contributed by atoms with E-state index in [2.05, 4.69) is 0 Å². The molecule has 0 atom stereocenters. The maximum atomic E-state index is 12.2. The van der Waals surface area contributed by atoms with Gasteiger partial charge in [-0.1, -0.05) is 0 Å². The van der Waals surface area contributed by atoms with Crippen LogP contribution in [0, 0.1) is 0 Å². The van der Waals surface area contributed by atoms with Crippen LogP contribution >= 0.6 is 11.6 Å². The Bertz CT molecular complexity index is 432. The fourth-order valence-electron chi connectivity index (χ4n) is 1.43. The first-order chi connectivity index (χ1) is 9.10. The van der Waals surface area contributed by atoms with E-state index in [-0.39, 0.29) is 30.5 Å². The van der Waals surface area contributed by atoms with E-state index in [0.717, 1.165) is 0 Å². The van der Waals surface area contributed by atoms with Gasteiger partial charge in [0.25, 0.3) is 5.91 Å². The first-order valence-electron chi connectivity index (χ1n) is 5.77. The second-order valence-corrected chi connectivity index (χ2v) is 3.98. The Morgan fingerprint density at radius 1 is 1.47 bits per heavy atom. The van der Waals surface area contributed by atoms with Crippen LogP contribution in [0.15, 0.2) is 16.7 Å². The molecular formula is C12H16ClNO5. The average molecular weight is 290 g/mol. The summed E-state index contributed by atoms with van der Waals surface area (Å²) in [6.45, 7) is 2.37. The summed E-state index contributed by atoms with van der Waals surface area (Å²) in [7, 11) is 1.51. The number of amides is 1. The van der Waals surface area contributed by atoms with Crippen LogP contribution < -0.4 is 0 Å². The van der Waals surface area contributed by atoms with Crippen molar-refractivity contribution >= 4 is 23.5 Å². The molecule has 1 aromatic rings. The highest BCUT2D eigenvalue weighted by Crippen LogP contribution is 2.18. The van der Waals surface area contributed by atoms with Crippen LogP contribution in [0.25, 0.3) is 0 Å². The second-order valence-electron chi connectivity index (χ2n) is 3.63. The van der Waals surface area contributed by atoms with Crippen molar-refractivity contribution in [1.29, 1.82) is 0 Å². The summed E-state index contributed by atoms with van der Waals surface area (Å²) in [4.78, 5) is 25.0. The average Bonchev–Trinajstić information content (AvgIpc) is 2.80. The number of hydrogen-bond acceptors (Lipinski definition) is 5. The predicted molar refractivity (Wildman–Crippen MR) is 68.1 cm³/mol. The van der Waals surface area contributed by atoms with Crippen molar-refractivity contribution in [3.05, 3.63) is 23.1 Å². The van der Waals surface area contributed by atoms with Crippen molar-refractivity contribution in [2.75, 3.05) is 33.4 Å². The molecule has 0 fully saturated rings. The van der Waals surface area contributed by atoms with E-state index < -0.39 is 11.9 Å². The molecule has 0 spiro atoms. The molecule has 1 amide bonds. The van der Waals surface area contributed by atoms with Crippen molar-refractivity contribution < 1.29 is 23.5 Å². The van der Waals surface area contributed by atoms with Crippen molar-refractivity contribution in [2.45, 2.75) is 6.92 Å². The van der Waals surface area contributed by atoms with Gasteiger partial charge in [0.05, 0.1) is 25.0 Å². The van der Waals surface area contributed by atoms with Crippen molar-refractivity contribution in [1.82, 2.24) is 4.90 Å². The van der Waals surface area contributed by atoms with Gasteiger partial charge in [-0.2, -0.15) is 0 Å². The van der Waals surface area contributed by atoms with Crippen LogP contribution in [-0.2, 0) is 14.3 Å². The fraction of sp³-hybridized carbons (Fsp3) is 0.500. The summed E-state index contributed by atoms with van der Waals surface area (Å²) in [5.41, 5.74) is 0.210. The molecule has 0 aliphatic carbocycles. The molecule has 0 aromatic carbocycles. The van der Waals surface area contributed by atoms with Crippen LogP contribution in [0.3, 0.4) is 0 Å². The van der Waals surface area contributed by atoms with E-state index in [1.54, 1.807) is 6.92 Å². The fourth-order valence-corrected chi connectivity index (χ4v) is 1.63. The smallest absolute Gasteiger partial charge is 0.325 e. The van der Waals surface area contributed by atoms with E-state index in [4.69, 9.17) is 25.5 Å². The van der Waals surface area contributed by atoms with Gasteiger partial charge in [-0.05, 0) is 24.6 Å². The van der Waals surface area contributed by atoms with Gasteiger partial charge in [0, 0.05) is 13.7 Å². The zero-order valence-electron chi connectivity index (χ0n) is 10.8. The highest BCUT2D eigenvalue weighted by atomic mass is 35.5. The number of rotatable bonds is 7. The number of furan rings is 1. The first kappa shape index (κ1) is 15.5. The van der Waals surface area contributed by atoms with Crippen molar-refractivity contribution in [3.8, 4) is 0 Å². The summed E-state index contributed by atoms with van der Waals surface area (Å²) >= 11 is 5.75. The number of halogens is 1. The predicted octanol–water partition coefficient (Wildman–Crippen LogP) is 1.58. The molecule has 7 heteroatoms. The molecular weight excluding hydrogens is 274 g/mol. The molecule has 0 N–H and O–H groups in total. The minimum Gasteiger partial charge on any atom is -0.465 e. The van der Waals surface area contributed by atoms with Crippen LogP contribution in [0.4, 0.5) is 0 Å². The third-order valence-electron chi connectivity index (χ3n) is 2.33. The first-order valence-corrected chi connectivity index (χ1v) is 6.14.